The maximum Gasteiger partial charge on any atom is 0.300 e. The number of nitro benzene ring substituents is 2. The quantitative estimate of drug-likeness (QED) is 0.175. The molecule has 1 aromatic rings. The van der Waals surface area contributed by atoms with Crippen LogP contribution in [0.2, 0.25) is 0 Å². The minimum atomic E-state index is -3.89. The van der Waals surface area contributed by atoms with Crippen molar-refractivity contribution in [2.45, 2.75) is 0 Å². The number of nitrogens with zero attached hydrogens (tertiary/aromatic N) is 3. The van der Waals surface area contributed by atoms with Gasteiger partial charge in [0.25, 0.3) is 27.4 Å². The van der Waals surface area contributed by atoms with Crippen molar-refractivity contribution in [2.75, 3.05) is 49.2 Å². The number of nitrogens with one attached hydrogen (secondary N) is 1. The maximum atomic E-state index is 12.8. The van der Waals surface area contributed by atoms with Gasteiger partial charge < -0.3 is 15.3 Å². The molecule has 0 unspecified atom stereocenters. The molecule has 0 aromatic heterocycles. The molecule has 0 bridgehead atoms. The van der Waals surface area contributed by atoms with Crippen LogP contribution in [0, 0.1) is 20.2 Å². The molecule has 0 atom stereocenters. The summed E-state index contributed by atoms with van der Waals surface area (Å²) in [6.45, 7) is -7.90. The van der Waals surface area contributed by atoms with Gasteiger partial charge in [0, 0.05) is 31.0 Å². The molecule has 0 saturated carbocycles. The predicted molar refractivity (Wildman–Crippen MR) is 106 cm³/mol. The van der Waals surface area contributed by atoms with Gasteiger partial charge in [-0.1, -0.05) is 15.9 Å². The number of carbonyl (C=O) groups excluding carboxylic acids is 1. The SMILES string of the molecule is [2H]C([2H])(O)C([2H])([2H])NC(=O)c1cc([N+](=O)[O-])cc([N+](=O)[O-])c1N(CCBr)CCOS(C)(=O)=O. The average molecular weight is 503 g/mol. The first-order valence-electron chi connectivity index (χ1n) is 9.58. The maximum absolute atomic E-state index is 12.8. The third-order valence-electron chi connectivity index (χ3n) is 3.29. The van der Waals surface area contributed by atoms with E-state index in [1.807, 2.05) is 0 Å². The van der Waals surface area contributed by atoms with Crippen LogP contribution in [0.15, 0.2) is 12.1 Å². The van der Waals surface area contributed by atoms with Gasteiger partial charge in [-0.3, -0.25) is 29.2 Å². The lowest BCUT2D eigenvalue weighted by molar-refractivity contribution is -0.393. The van der Waals surface area contributed by atoms with Crippen LogP contribution in [0.5, 0.6) is 0 Å². The third-order valence-corrected chi connectivity index (χ3v) is 4.24. The second-order valence-corrected chi connectivity index (χ2v) is 7.71. The molecule has 0 radical (unpaired) electrons. The molecule has 2 N–H and O–H groups in total. The zero-order valence-corrected chi connectivity index (χ0v) is 17.2. The van der Waals surface area contributed by atoms with Crippen LogP contribution < -0.4 is 10.2 Å². The summed E-state index contributed by atoms with van der Waals surface area (Å²) in [5, 5.41) is 33.9. The van der Waals surface area contributed by atoms with E-state index in [0.29, 0.717) is 12.1 Å². The molecule has 162 valence electrons. The Morgan fingerprint density at radius 1 is 1.34 bits per heavy atom. The van der Waals surface area contributed by atoms with Crippen LogP contribution in [0.4, 0.5) is 17.1 Å². The number of carbonyl (C=O) groups is 1. The van der Waals surface area contributed by atoms with Crippen LogP contribution >= 0.6 is 15.9 Å². The molecule has 0 aliphatic heterocycles. The highest BCUT2D eigenvalue weighted by Crippen LogP contribution is 2.36. The Bertz CT molecular complexity index is 1040. The number of non-ortho nitro benzene ring substituents is 1. The van der Waals surface area contributed by atoms with Crippen LogP contribution in [-0.2, 0) is 14.3 Å². The number of alkyl halides is 1. The molecule has 13 nitrogen and oxygen atoms in total. The lowest BCUT2D eigenvalue weighted by Gasteiger charge is -2.25. The fraction of sp³-hybridized carbons (Fsp3) is 0.500. The van der Waals surface area contributed by atoms with Crippen molar-refractivity contribution in [3.63, 3.8) is 0 Å². The van der Waals surface area contributed by atoms with Crippen molar-refractivity contribution in [1.29, 1.82) is 0 Å². The highest BCUT2D eigenvalue weighted by Gasteiger charge is 2.31. The Hall–Kier alpha value is -2.36. The predicted octanol–water partition coefficient (Wildman–Crippen LogP) is 0.403. The molecular weight excluding hydrogens is 480 g/mol. The molecule has 0 spiro atoms. The van der Waals surface area contributed by atoms with Gasteiger partial charge >= 0.3 is 0 Å². The van der Waals surface area contributed by atoms with E-state index in [1.54, 1.807) is 0 Å². The van der Waals surface area contributed by atoms with Gasteiger partial charge in [0.1, 0.15) is 5.69 Å². The number of benzene rings is 1. The second-order valence-electron chi connectivity index (χ2n) is 5.27. The van der Waals surface area contributed by atoms with Gasteiger partial charge in [-0.25, -0.2) is 0 Å². The van der Waals surface area contributed by atoms with E-state index in [1.165, 1.54) is 5.32 Å². The summed E-state index contributed by atoms with van der Waals surface area (Å²) < 4.78 is 56.3. The first-order chi connectivity index (χ1) is 14.9. The van der Waals surface area contributed by atoms with Gasteiger partial charge in [0.2, 0.25) is 0 Å². The molecule has 0 aliphatic carbocycles. The Labute approximate surface area is 179 Å². The zero-order valence-electron chi connectivity index (χ0n) is 18.8. The number of aliphatic hydroxyl groups is 1. The molecule has 0 fully saturated rings. The number of hydrogen-bond acceptors (Lipinski definition) is 10. The standard InChI is InChI=1S/C14H19BrN4O9S/c1-29(26,27)28-7-5-17(4-2-15)13-11(14(21)16-3-6-20)8-10(18(22)23)9-12(13)19(24)25/h8-9,20H,2-7H2,1H3,(H,16,21)/i3D2,6D2. The smallest absolute Gasteiger partial charge is 0.300 e. The molecule has 29 heavy (non-hydrogen) atoms. The summed E-state index contributed by atoms with van der Waals surface area (Å²) >= 11 is 3.09. The van der Waals surface area contributed by atoms with Crippen molar-refractivity contribution in [1.82, 2.24) is 5.32 Å². The van der Waals surface area contributed by atoms with E-state index in [4.69, 9.17) is 5.48 Å². The van der Waals surface area contributed by atoms with E-state index in [0.717, 1.165) is 11.2 Å². The van der Waals surface area contributed by atoms with Gasteiger partial charge in [0.05, 0.1) is 46.4 Å². The number of halogens is 1. The minimum Gasteiger partial charge on any atom is -0.395 e. The summed E-state index contributed by atoms with van der Waals surface area (Å²) in [6.07, 6.45) is 0.764. The number of rotatable bonds is 12. The van der Waals surface area contributed by atoms with E-state index in [2.05, 4.69) is 20.1 Å². The molecule has 1 aromatic carbocycles. The average Bonchev–Trinajstić information content (AvgIpc) is 2.63. The molecule has 1 amide bonds. The number of amides is 1. The fourth-order valence-corrected chi connectivity index (χ4v) is 3.05. The van der Waals surface area contributed by atoms with Crippen molar-refractivity contribution in [3.05, 3.63) is 37.9 Å². The van der Waals surface area contributed by atoms with Crippen molar-refractivity contribution >= 4 is 49.0 Å². The first kappa shape index (κ1) is 18.7. The third kappa shape index (κ3) is 7.52. The monoisotopic (exact) mass is 502 g/mol. The second kappa shape index (κ2) is 11.0. The normalized spacial score (nSPS) is 14.2. The van der Waals surface area contributed by atoms with E-state index < -0.39 is 68.2 Å². The summed E-state index contributed by atoms with van der Waals surface area (Å²) in [5.74, 6) is -1.51. The highest BCUT2D eigenvalue weighted by atomic mass is 79.9. The molecular formula is C14H19BrN4O9S. The van der Waals surface area contributed by atoms with Gasteiger partial charge in [0.15, 0.2) is 0 Å². The van der Waals surface area contributed by atoms with Gasteiger partial charge in [-0.05, 0) is 0 Å². The van der Waals surface area contributed by atoms with Gasteiger partial charge in [-0.15, -0.1) is 0 Å². The molecule has 0 saturated heterocycles. The minimum absolute atomic E-state index is 0.0836. The summed E-state index contributed by atoms with van der Waals surface area (Å²) in [5.41, 5.74) is -3.14. The fourth-order valence-electron chi connectivity index (χ4n) is 2.24. The lowest BCUT2D eigenvalue weighted by atomic mass is 10.1. The first-order valence-corrected chi connectivity index (χ1v) is 10.5. The van der Waals surface area contributed by atoms with Gasteiger partial charge in [-0.2, -0.15) is 8.42 Å². The zero-order chi connectivity index (χ0) is 25.8. The van der Waals surface area contributed by atoms with Crippen LogP contribution in [0.25, 0.3) is 0 Å². The molecule has 1 rings (SSSR count). The molecule has 0 aliphatic rings. The lowest BCUT2D eigenvalue weighted by Crippen LogP contribution is -2.34. The molecule has 0 heterocycles. The van der Waals surface area contributed by atoms with Crippen LogP contribution in [-0.4, -0.2) is 73.6 Å². The number of nitro groups is 2. The van der Waals surface area contributed by atoms with Crippen molar-refractivity contribution in [2.24, 2.45) is 0 Å². The Morgan fingerprint density at radius 3 is 2.48 bits per heavy atom. The number of anilines is 1. The van der Waals surface area contributed by atoms with E-state index >= 15 is 0 Å². The number of hydrogen-bond donors (Lipinski definition) is 2. The molecule has 15 heteroatoms. The van der Waals surface area contributed by atoms with E-state index in [9.17, 15) is 38.5 Å². The van der Waals surface area contributed by atoms with Crippen LogP contribution in [0.1, 0.15) is 15.8 Å². The Morgan fingerprint density at radius 2 is 2.00 bits per heavy atom. The van der Waals surface area contributed by atoms with Crippen molar-refractivity contribution < 1.29 is 37.8 Å². The van der Waals surface area contributed by atoms with E-state index in [-0.39, 0.29) is 18.4 Å². The summed E-state index contributed by atoms with van der Waals surface area (Å²) in [4.78, 5) is 34.8. The highest BCUT2D eigenvalue weighted by molar-refractivity contribution is 9.09. The summed E-state index contributed by atoms with van der Waals surface area (Å²) in [6, 6.07) is 1.17. The van der Waals surface area contributed by atoms with Crippen molar-refractivity contribution in [3.8, 4) is 0 Å². The Kier molecular flexibility index (Phi) is 7.07. The largest absolute Gasteiger partial charge is 0.395 e. The summed E-state index contributed by atoms with van der Waals surface area (Å²) in [7, 11) is -3.89. The topological polar surface area (TPSA) is 182 Å². The van der Waals surface area contributed by atoms with Crippen LogP contribution in [0.3, 0.4) is 0 Å². The Balaban J connectivity index is 3.71.